The summed E-state index contributed by atoms with van der Waals surface area (Å²) in [6, 6.07) is 0. The molecule has 0 aromatic rings. The molecule has 0 spiro atoms. The van der Waals surface area contributed by atoms with Crippen molar-refractivity contribution >= 4 is 5.97 Å². The normalized spacial score (nSPS) is 28.5. The van der Waals surface area contributed by atoms with E-state index in [0.29, 0.717) is 17.8 Å². The summed E-state index contributed by atoms with van der Waals surface area (Å²) in [6.07, 6.45) is 3.54. The highest BCUT2D eigenvalue weighted by Crippen LogP contribution is 2.35. The van der Waals surface area contributed by atoms with E-state index in [2.05, 4.69) is 26.1 Å². The second-order valence-corrected chi connectivity index (χ2v) is 6.93. The maximum Gasteiger partial charge on any atom is 0.326 e. The third-order valence-corrected chi connectivity index (χ3v) is 4.35. The van der Waals surface area contributed by atoms with Crippen LogP contribution in [0.3, 0.4) is 0 Å². The van der Waals surface area contributed by atoms with Crippen LogP contribution in [0.5, 0.6) is 0 Å². The van der Waals surface area contributed by atoms with Gasteiger partial charge in [-0.2, -0.15) is 0 Å². The van der Waals surface area contributed by atoms with Crippen LogP contribution in [0.2, 0.25) is 0 Å². The standard InChI is InChI=1S/C16H31NO2/c1-7-17-16(5,6)15(18)19-14-10-12(4)8-9-13(14)11(2)3/h11-14,17H,7-10H2,1-6H3. The largest absolute Gasteiger partial charge is 0.461 e. The number of hydrogen-bond donors (Lipinski definition) is 1. The molecule has 1 aliphatic carbocycles. The summed E-state index contributed by atoms with van der Waals surface area (Å²) in [4.78, 5) is 12.3. The number of likely N-dealkylation sites (N-methyl/N-ethyl adjacent to an activating group) is 1. The van der Waals surface area contributed by atoms with E-state index in [-0.39, 0.29) is 12.1 Å². The third-order valence-electron chi connectivity index (χ3n) is 4.35. The predicted octanol–water partition coefficient (Wildman–Crippen LogP) is 3.38. The molecule has 1 saturated carbocycles. The van der Waals surface area contributed by atoms with Gasteiger partial charge in [0.05, 0.1) is 0 Å². The van der Waals surface area contributed by atoms with Crippen LogP contribution in [0, 0.1) is 17.8 Å². The number of nitrogens with one attached hydrogen (secondary N) is 1. The zero-order valence-corrected chi connectivity index (χ0v) is 13.5. The summed E-state index contributed by atoms with van der Waals surface area (Å²) in [5.74, 6) is 1.64. The van der Waals surface area contributed by atoms with Gasteiger partial charge in [0.15, 0.2) is 0 Å². The summed E-state index contributed by atoms with van der Waals surface area (Å²) in [5, 5.41) is 3.19. The van der Waals surface area contributed by atoms with Crippen molar-refractivity contribution in [3.05, 3.63) is 0 Å². The van der Waals surface area contributed by atoms with Gasteiger partial charge in [0.1, 0.15) is 11.6 Å². The minimum Gasteiger partial charge on any atom is -0.461 e. The SMILES string of the molecule is CCNC(C)(C)C(=O)OC1CC(C)CCC1C(C)C. The average Bonchev–Trinajstić information content (AvgIpc) is 2.28. The molecule has 1 rings (SSSR count). The van der Waals surface area contributed by atoms with E-state index >= 15 is 0 Å². The Balaban J connectivity index is 2.68. The van der Waals surface area contributed by atoms with Gasteiger partial charge < -0.3 is 10.1 Å². The number of hydrogen-bond acceptors (Lipinski definition) is 3. The molecule has 3 nitrogen and oxygen atoms in total. The molecular weight excluding hydrogens is 238 g/mol. The highest BCUT2D eigenvalue weighted by Gasteiger charge is 2.37. The first kappa shape index (κ1) is 16.5. The van der Waals surface area contributed by atoms with E-state index in [0.717, 1.165) is 13.0 Å². The van der Waals surface area contributed by atoms with Gasteiger partial charge in [-0.3, -0.25) is 4.79 Å². The van der Waals surface area contributed by atoms with E-state index in [1.165, 1.54) is 12.8 Å². The van der Waals surface area contributed by atoms with Crippen LogP contribution < -0.4 is 5.32 Å². The Morgan fingerprint density at radius 3 is 2.53 bits per heavy atom. The summed E-state index contributed by atoms with van der Waals surface area (Å²) in [6.45, 7) is 13.3. The Bertz CT molecular complexity index is 299. The molecule has 0 aromatic heterocycles. The van der Waals surface area contributed by atoms with Gasteiger partial charge in [0, 0.05) is 0 Å². The molecular formula is C16H31NO2. The lowest BCUT2D eigenvalue weighted by molar-refractivity contribution is -0.162. The molecule has 0 heterocycles. The molecule has 0 bridgehead atoms. The predicted molar refractivity (Wildman–Crippen MR) is 79.0 cm³/mol. The van der Waals surface area contributed by atoms with Crippen molar-refractivity contribution in [3.8, 4) is 0 Å². The second-order valence-electron chi connectivity index (χ2n) is 6.93. The Labute approximate surface area is 118 Å². The van der Waals surface area contributed by atoms with Crippen molar-refractivity contribution in [2.75, 3.05) is 6.54 Å². The molecule has 112 valence electrons. The maximum atomic E-state index is 12.3. The first-order valence-electron chi connectivity index (χ1n) is 7.74. The van der Waals surface area contributed by atoms with Crippen molar-refractivity contribution < 1.29 is 9.53 Å². The number of carbonyl (C=O) groups excluding carboxylic acids is 1. The highest BCUT2D eigenvalue weighted by atomic mass is 16.5. The van der Waals surface area contributed by atoms with Gasteiger partial charge in [-0.05, 0) is 51.0 Å². The van der Waals surface area contributed by atoms with Gasteiger partial charge in [0.25, 0.3) is 0 Å². The fraction of sp³-hybridized carbons (Fsp3) is 0.938. The van der Waals surface area contributed by atoms with Crippen LogP contribution in [0.1, 0.15) is 60.8 Å². The monoisotopic (exact) mass is 269 g/mol. The van der Waals surface area contributed by atoms with Gasteiger partial charge in [-0.1, -0.05) is 34.1 Å². The van der Waals surface area contributed by atoms with Crippen molar-refractivity contribution in [2.45, 2.75) is 72.4 Å². The molecule has 3 heteroatoms. The topological polar surface area (TPSA) is 38.3 Å². The summed E-state index contributed by atoms with van der Waals surface area (Å²) < 4.78 is 5.85. The van der Waals surface area contributed by atoms with E-state index in [1.54, 1.807) is 0 Å². The number of esters is 1. The molecule has 1 fully saturated rings. The van der Waals surface area contributed by atoms with Gasteiger partial charge in [-0.25, -0.2) is 0 Å². The first-order valence-corrected chi connectivity index (χ1v) is 7.74. The van der Waals surface area contributed by atoms with Crippen LogP contribution in [0.25, 0.3) is 0 Å². The van der Waals surface area contributed by atoms with Crippen LogP contribution in [0.15, 0.2) is 0 Å². The maximum absolute atomic E-state index is 12.3. The quantitative estimate of drug-likeness (QED) is 0.778. The molecule has 0 aliphatic heterocycles. The summed E-state index contributed by atoms with van der Waals surface area (Å²) in [7, 11) is 0. The molecule has 0 saturated heterocycles. The van der Waals surface area contributed by atoms with Crippen LogP contribution in [-0.2, 0) is 9.53 Å². The molecule has 19 heavy (non-hydrogen) atoms. The second kappa shape index (κ2) is 6.74. The van der Waals surface area contributed by atoms with Gasteiger partial charge >= 0.3 is 5.97 Å². The van der Waals surface area contributed by atoms with E-state index in [1.807, 2.05) is 20.8 Å². The molecule has 0 aromatic carbocycles. The number of ether oxygens (including phenoxy) is 1. The van der Waals surface area contributed by atoms with Gasteiger partial charge in [-0.15, -0.1) is 0 Å². The van der Waals surface area contributed by atoms with Gasteiger partial charge in [0.2, 0.25) is 0 Å². The zero-order valence-electron chi connectivity index (χ0n) is 13.5. The van der Waals surface area contributed by atoms with E-state index in [9.17, 15) is 4.79 Å². The smallest absolute Gasteiger partial charge is 0.326 e. The van der Waals surface area contributed by atoms with Crippen LogP contribution in [0.4, 0.5) is 0 Å². The zero-order chi connectivity index (χ0) is 14.6. The Hall–Kier alpha value is -0.570. The molecule has 3 unspecified atom stereocenters. The van der Waals surface area contributed by atoms with Crippen LogP contribution >= 0.6 is 0 Å². The van der Waals surface area contributed by atoms with Crippen molar-refractivity contribution in [3.63, 3.8) is 0 Å². The minimum atomic E-state index is -0.586. The lowest BCUT2D eigenvalue weighted by Gasteiger charge is -2.38. The van der Waals surface area contributed by atoms with Crippen molar-refractivity contribution in [1.29, 1.82) is 0 Å². The molecule has 0 amide bonds. The van der Waals surface area contributed by atoms with Crippen molar-refractivity contribution in [2.24, 2.45) is 17.8 Å². The lowest BCUT2D eigenvalue weighted by atomic mass is 9.75. The number of carbonyl (C=O) groups is 1. The third kappa shape index (κ3) is 4.48. The highest BCUT2D eigenvalue weighted by molar-refractivity contribution is 5.80. The first-order chi connectivity index (χ1) is 8.77. The summed E-state index contributed by atoms with van der Waals surface area (Å²) >= 11 is 0. The lowest BCUT2D eigenvalue weighted by Crippen LogP contribution is -2.50. The molecule has 1 N–H and O–H groups in total. The number of rotatable bonds is 5. The van der Waals surface area contributed by atoms with E-state index < -0.39 is 5.54 Å². The van der Waals surface area contributed by atoms with Crippen LogP contribution in [-0.4, -0.2) is 24.2 Å². The Morgan fingerprint density at radius 2 is 2.00 bits per heavy atom. The van der Waals surface area contributed by atoms with Crippen molar-refractivity contribution in [1.82, 2.24) is 5.32 Å². The fourth-order valence-electron chi connectivity index (χ4n) is 3.05. The Morgan fingerprint density at radius 1 is 1.37 bits per heavy atom. The fourth-order valence-corrected chi connectivity index (χ4v) is 3.05. The molecule has 1 aliphatic rings. The Kier molecular flexibility index (Phi) is 5.84. The van der Waals surface area contributed by atoms with E-state index in [4.69, 9.17) is 4.74 Å². The minimum absolute atomic E-state index is 0.0918. The molecule has 0 radical (unpaired) electrons. The average molecular weight is 269 g/mol. The molecule has 3 atom stereocenters. The summed E-state index contributed by atoms with van der Waals surface area (Å²) in [5.41, 5.74) is -0.586.